The third-order valence-corrected chi connectivity index (χ3v) is 1.06. The van der Waals surface area contributed by atoms with Gasteiger partial charge in [0.25, 0.3) is 0 Å². The van der Waals surface area contributed by atoms with Gasteiger partial charge in [0, 0.05) is 0 Å². The van der Waals surface area contributed by atoms with Crippen molar-refractivity contribution in [1.29, 1.82) is 0 Å². The van der Waals surface area contributed by atoms with E-state index in [4.69, 9.17) is 0 Å². The van der Waals surface area contributed by atoms with Crippen molar-refractivity contribution in [1.82, 2.24) is 0 Å². The van der Waals surface area contributed by atoms with Gasteiger partial charge in [-0.1, -0.05) is 0 Å². The second-order valence-corrected chi connectivity index (χ2v) is 1.93. The van der Waals surface area contributed by atoms with E-state index in [9.17, 15) is 14.4 Å². The maximum Gasteiger partial charge on any atom is 0.508 e. The lowest BCUT2D eigenvalue weighted by atomic mass is 10.7. The van der Waals surface area contributed by atoms with Crippen LogP contribution in [0.5, 0.6) is 0 Å². The number of methoxy groups -OCH3 is 2. The molecule has 0 aliphatic heterocycles. The summed E-state index contributed by atoms with van der Waals surface area (Å²) in [6.45, 7) is -0.418. The highest BCUT2D eigenvalue weighted by atomic mass is 16.7. The van der Waals surface area contributed by atoms with Gasteiger partial charge in [-0.25, -0.2) is 14.4 Å². The molecule has 0 aromatic carbocycles. The summed E-state index contributed by atoms with van der Waals surface area (Å²) >= 11 is 0. The monoisotopic (exact) mass is 206 g/mol. The Morgan fingerprint density at radius 2 is 1.43 bits per heavy atom. The molecule has 0 bridgehead atoms. The van der Waals surface area contributed by atoms with Crippen LogP contribution in [-0.4, -0.2) is 45.5 Å². The maximum atomic E-state index is 10.6. The molecule has 7 nitrogen and oxygen atoms in total. The zero-order valence-electron chi connectivity index (χ0n) is 7.77. The first-order valence-corrected chi connectivity index (χ1v) is 3.57. The number of carbonyl (C=O) groups is 3. The number of hydrogen-bond donors (Lipinski definition) is 0. The van der Waals surface area contributed by atoms with Gasteiger partial charge >= 0.3 is 18.1 Å². The van der Waals surface area contributed by atoms with Gasteiger partial charge in [0.1, 0.15) is 13.2 Å². The third-order valence-electron chi connectivity index (χ3n) is 1.06. The first-order chi connectivity index (χ1) is 6.61. The number of ether oxygens (including phenoxy) is 4. The lowest BCUT2D eigenvalue weighted by molar-refractivity contribution is -0.166. The van der Waals surface area contributed by atoms with E-state index in [0.717, 1.165) is 14.2 Å². The summed E-state index contributed by atoms with van der Waals surface area (Å²) in [6, 6.07) is 0. The van der Waals surface area contributed by atoms with E-state index in [0.29, 0.717) is 0 Å². The molecule has 0 heterocycles. The molecule has 0 atom stereocenters. The number of rotatable bonds is 3. The minimum absolute atomic E-state index is 0.185. The van der Waals surface area contributed by atoms with Crippen LogP contribution < -0.4 is 0 Å². The molecule has 0 rings (SSSR count). The Kier molecular flexibility index (Phi) is 5.84. The largest absolute Gasteiger partial charge is 0.508 e. The topological polar surface area (TPSA) is 88.1 Å². The predicted molar refractivity (Wildman–Crippen MR) is 41.3 cm³/mol. The van der Waals surface area contributed by atoms with Gasteiger partial charge in [-0.3, -0.25) is 0 Å². The highest BCUT2D eigenvalue weighted by Gasteiger charge is 2.15. The van der Waals surface area contributed by atoms with E-state index in [1.54, 1.807) is 0 Å². The van der Waals surface area contributed by atoms with Crippen LogP contribution in [0.25, 0.3) is 0 Å². The third kappa shape index (κ3) is 4.96. The molecule has 0 fully saturated rings. The highest BCUT2D eigenvalue weighted by molar-refractivity contribution is 6.29. The summed E-state index contributed by atoms with van der Waals surface area (Å²) in [6.07, 6.45) is -0.890. The Balaban J connectivity index is 3.50. The van der Waals surface area contributed by atoms with E-state index >= 15 is 0 Å². The minimum atomic E-state index is -1.14. The summed E-state index contributed by atoms with van der Waals surface area (Å²) in [5.74, 6) is -2.25. The highest BCUT2D eigenvalue weighted by Crippen LogP contribution is 1.86. The lowest BCUT2D eigenvalue weighted by Crippen LogP contribution is -2.21. The fourth-order valence-corrected chi connectivity index (χ4v) is 0.461. The van der Waals surface area contributed by atoms with Gasteiger partial charge in [0.05, 0.1) is 14.2 Å². The van der Waals surface area contributed by atoms with Crippen molar-refractivity contribution in [3.63, 3.8) is 0 Å². The van der Waals surface area contributed by atoms with Crippen molar-refractivity contribution in [2.75, 3.05) is 27.4 Å². The number of esters is 2. The molecular weight excluding hydrogens is 196 g/mol. The maximum absolute atomic E-state index is 10.6. The average Bonchev–Trinajstić information content (AvgIpc) is 2.22. The normalized spacial score (nSPS) is 8.71. The predicted octanol–water partition coefficient (Wildman–Crippen LogP) is -0.514. The molecular formula is C7H10O7. The first-order valence-electron chi connectivity index (χ1n) is 3.57. The fraction of sp³-hybridized carbons (Fsp3) is 0.571. The molecule has 0 unspecified atom stereocenters. The van der Waals surface area contributed by atoms with Crippen molar-refractivity contribution in [3.05, 3.63) is 0 Å². The molecule has 0 aliphatic rings. The summed E-state index contributed by atoms with van der Waals surface area (Å²) < 4.78 is 16.9. The Labute approximate surface area is 79.9 Å². The van der Waals surface area contributed by atoms with E-state index < -0.39 is 18.1 Å². The van der Waals surface area contributed by atoms with Crippen LogP contribution in [0.2, 0.25) is 0 Å². The summed E-state index contributed by atoms with van der Waals surface area (Å²) in [7, 11) is 2.19. The second-order valence-electron chi connectivity index (χ2n) is 1.93. The first kappa shape index (κ1) is 12.2. The van der Waals surface area contributed by atoms with E-state index in [1.165, 1.54) is 0 Å². The van der Waals surface area contributed by atoms with Crippen molar-refractivity contribution in [2.45, 2.75) is 0 Å². The van der Waals surface area contributed by atoms with Crippen molar-refractivity contribution < 1.29 is 33.3 Å². The van der Waals surface area contributed by atoms with E-state index in [2.05, 4.69) is 18.9 Å². The van der Waals surface area contributed by atoms with Crippen LogP contribution in [0.4, 0.5) is 4.79 Å². The molecule has 80 valence electrons. The lowest BCUT2D eigenvalue weighted by Gasteiger charge is -2.03. The Hall–Kier alpha value is -1.79. The van der Waals surface area contributed by atoms with Gasteiger partial charge in [-0.05, 0) is 0 Å². The SMILES string of the molecule is COC(=O)OCCOC(=O)C(=O)OC. The Bertz CT molecular complexity index is 222. The van der Waals surface area contributed by atoms with Crippen LogP contribution >= 0.6 is 0 Å². The second kappa shape index (κ2) is 6.70. The van der Waals surface area contributed by atoms with E-state index in [-0.39, 0.29) is 13.2 Å². The zero-order chi connectivity index (χ0) is 11.0. The molecule has 0 radical (unpaired) electrons. The van der Waals surface area contributed by atoms with Crippen molar-refractivity contribution in [3.8, 4) is 0 Å². The summed E-state index contributed by atoms with van der Waals surface area (Å²) in [4.78, 5) is 31.5. The molecule has 0 aliphatic carbocycles. The smallest absolute Gasteiger partial charge is 0.461 e. The molecule has 0 saturated carbocycles. The average molecular weight is 206 g/mol. The van der Waals surface area contributed by atoms with Crippen LogP contribution in [0.1, 0.15) is 0 Å². The number of hydrogen-bond acceptors (Lipinski definition) is 7. The molecule has 0 amide bonds. The number of carbonyl (C=O) groups excluding carboxylic acids is 3. The quantitative estimate of drug-likeness (QED) is 0.266. The fourth-order valence-electron chi connectivity index (χ4n) is 0.461. The molecule has 0 aromatic heterocycles. The molecule has 7 heteroatoms. The Morgan fingerprint density at radius 3 is 1.93 bits per heavy atom. The molecule has 0 saturated heterocycles. The molecule has 0 spiro atoms. The van der Waals surface area contributed by atoms with Crippen LogP contribution in [0.15, 0.2) is 0 Å². The van der Waals surface area contributed by atoms with Gasteiger partial charge in [0.2, 0.25) is 0 Å². The van der Waals surface area contributed by atoms with Crippen molar-refractivity contribution >= 4 is 18.1 Å². The zero-order valence-corrected chi connectivity index (χ0v) is 7.77. The van der Waals surface area contributed by atoms with Gasteiger partial charge in [-0.15, -0.1) is 0 Å². The summed E-state index contributed by atoms with van der Waals surface area (Å²) in [5, 5.41) is 0. The molecule has 14 heavy (non-hydrogen) atoms. The van der Waals surface area contributed by atoms with Gasteiger partial charge in [-0.2, -0.15) is 0 Å². The van der Waals surface area contributed by atoms with Crippen LogP contribution in [-0.2, 0) is 28.5 Å². The van der Waals surface area contributed by atoms with Crippen molar-refractivity contribution in [2.24, 2.45) is 0 Å². The van der Waals surface area contributed by atoms with Gasteiger partial charge < -0.3 is 18.9 Å². The van der Waals surface area contributed by atoms with Crippen LogP contribution in [0, 0.1) is 0 Å². The Morgan fingerprint density at radius 1 is 0.857 bits per heavy atom. The summed E-state index contributed by atoms with van der Waals surface area (Å²) in [5.41, 5.74) is 0. The van der Waals surface area contributed by atoms with Crippen LogP contribution in [0.3, 0.4) is 0 Å². The molecule has 0 N–H and O–H groups in total. The standard InChI is InChI=1S/C7H10O7/c1-11-5(8)6(9)13-3-4-14-7(10)12-2/h3-4H2,1-2H3. The minimum Gasteiger partial charge on any atom is -0.461 e. The van der Waals surface area contributed by atoms with E-state index in [1.807, 2.05) is 0 Å². The molecule has 0 aromatic rings. The van der Waals surface area contributed by atoms with Gasteiger partial charge in [0.15, 0.2) is 0 Å².